The molecule has 2 heterocycles. The van der Waals surface area contributed by atoms with Crippen molar-refractivity contribution in [3.05, 3.63) is 52.4 Å². The third-order valence-corrected chi connectivity index (χ3v) is 6.84. The van der Waals surface area contributed by atoms with Crippen LogP contribution in [0.2, 0.25) is 0 Å². The highest BCUT2D eigenvalue weighted by molar-refractivity contribution is 7.98. The first-order chi connectivity index (χ1) is 13.6. The number of Topliss-reactive ketones (excluding diaryl/α,β-unsaturated/α-hetero) is 1. The maximum absolute atomic E-state index is 13.5. The lowest BCUT2D eigenvalue weighted by Crippen LogP contribution is -2.42. The van der Waals surface area contributed by atoms with E-state index in [1.165, 1.54) is 11.3 Å². The van der Waals surface area contributed by atoms with Crippen LogP contribution in [0.15, 0.2) is 51.7 Å². The standard InChI is InChI=1S/C23H28N2O2S/c1-15-20(23(27)25-13-4-3-5-14-25)21(16-9-11-17(28-2)12-10-16)22-18(24-15)7-6-8-19(22)26/h9-12,21,24H,3-8,13-14H2,1-2H3. The number of carbonyl (C=O) groups excluding carboxylic acids is 2. The molecular weight excluding hydrogens is 368 g/mol. The first kappa shape index (κ1) is 19.3. The average molecular weight is 397 g/mol. The minimum Gasteiger partial charge on any atom is -0.362 e. The topological polar surface area (TPSA) is 49.4 Å². The van der Waals surface area contributed by atoms with Crippen LogP contribution < -0.4 is 5.32 Å². The first-order valence-corrected chi connectivity index (χ1v) is 11.5. The van der Waals surface area contributed by atoms with Gasteiger partial charge in [0.15, 0.2) is 5.78 Å². The van der Waals surface area contributed by atoms with Crippen molar-refractivity contribution in [2.24, 2.45) is 0 Å². The third-order valence-electron chi connectivity index (χ3n) is 6.10. The number of nitrogens with zero attached hydrogens (tertiary/aromatic N) is 1. The molecule has 1 N–H and O–H groups in total. The molecule has 1 aromatic rings. The van der Waals surface area contributed by atoms with Crippen LogP contribution in [-0.4, -0.2) is 35.9 Å². The van der Waals surface area contributed by atoms with Crippen LogP contribution in [0.3, 0.4) is 0 Å². The van der Waals surface area contributed by atoms with Crippen LogP contribution in [0.1, 0.15) is 56.9 Å². The Labute approximate surface area is 171 Å². The average Bonchev–Trinajstić information content (AvgIpc) is 2.73. The highest BCUT2D eigenvalue weighted by Crippen LogP contribution is 2.43. The molecule has 0 radical (unpaired) electrons. The molecular formula is C23H28N2O2S. The number of dihydropyridines is 1. The van der Waals surface area contributed by atoms with Crippen LogP contribution in [0, 0.1) is 0 Å². The Hall–Kier alpha value is -2.01. The van der Waals surface area contributed by atoms with E-state index in [4.69, 9.17) is 0 Å². The normalized spacial score (nSPS) is 22.9. The number of allylic oxidation sites excluding steroid dienone is 3. The fourth-order valence-corrected chi connectivity index (χ4v) is 5.07. The number of thioether (sulfide) groups is 1. The zero-order valence-corrected chi connectivity index (χ0v) is 17.5. The number of carbonyl (C=O) groups is 2. The van der Waals surface area contributed by atoms with Crippen molar-refractivity contribution in [3.63, 3.8) is 0 Å². The molecule has 0 saturated carbocycles. The van der Waals surface area contributed by atoms with Crippen molar-refractivity contribution in [3.8, 4) is 0 Å². The van der Waals surface area contributed by atoms with E-state index >= 15 is 0 Å². The maximum Gasteiger partial charge on any atom is 0.252 e. The molecule has 5 heteroatoms. The molecule has 1 atom stereocenters. The van der Waals surface area contributed by atoms with E-state index in [1.807, 2.05) is 11.8 Å². The Kier molecular flexibility index (Phi) is 5.63. The molecule has 1 unspecified atom stereocenters. The fourth-order valence-electron chi connectivity index (χ4n) is 4.66. The summed E-state index contributed by atoms with van der Waals surface area (Å²) in [4.78, 5) is 29.6. The Morgan fingerprint density at radius 2 is 1.79 bits per heavy atom. The summed E-state index contributed by atoms with van der Waals surface area (Å²) in [5, 5.41) is 3.43. The van der Waals surface area contributed by atoms with Gasteiger partial charge in [-0.2, -0.15) is 0 Å². The van der Waals surface area contributed by atoms with E-state index in [-0.39, 0.29) is 17.6 Å². The number of piperidine rings is 1. The molecule has 2 aliphatic heterocycles. The molecule has 0 spiro atoms. The Morgan fingerprint density at radius 1 is 1.07 bits per heavy atom. The number of ketones is 1. The largest absolute Gasteiger partial charge is 0.362 e. The lowest BCUT2D eigenvalue weighted by molar-refractivity contribution is -0.128. The number of rotatable bonds is 3. The van der Waals surface area contributed by atoms with E-state index in [1.54, 1.807) is 11.8 Å². The first-order valence-electron chi connectivity index (χ1n) is 10.3. The molecule has 4 rings (SSSR count). The Bertz CT molecular complexity index is 848. The predicted octanol–water partition coefficient (Wildman–Crippen LogP) is 4.39. The van der Waals surface area contributed by atoms with Gasteiger partial charge in [-0.05, 0) is 63.0 Å². The Morgan fingerprint density at radius 3 is 2.46 bits per heavy atom. The van der Waals surface area contributed by atoms with Crippen LogP contribution in [0.5, 0.6) is 0 Å². The van der Waals surface area contributed by atoms with Crippen molar-refractivity contribution in [1.82, 2.24) is 10.2 Å². The quantitative estimate of drug-likeness (QED) is 0.770. The fraction of sp³-hybridized carbons (Fsp3) is 0.478. The van der Waals surface area contributed by atoms with Crippen molar-refractivity contribution in [2.75, 3.05) is 19.3 Å². The van der Waals surface area contributed by atoms with Gasteiger partial charge in [0.1, 0.15) is 0 Å². The number of benzene rings is 1. The van der Waals surface area contributed by atoms with Crippen molar-refractivity contribution in [1.29, 1.82) is 0 Å². The molecule has 28 heavy (non-hydrogen) atoms. The van der Waals surface area contributed by atoms with Gasteiger partial charge in [0, 0.05) is 52.9 Å². The van der Waals surface area contributed by atoms with E-state index in [0.29, 0.717) is 6.42 Å². The van der Waals surface area contributed by atoms with E-state index in [0.717, 1.165) is 66.9 Å². The van der Waals surface area contributed by atoms with E-state index in [2.05, 4.69) is 35.8 Å². The summed E-state index contributed by atoms with van der Waals surface area (Å²) in [7, 11) is 0. The van der Waals surface area contributed by atoms with Gasteiger partial charge in [0.25, 0.3) is 5.91 Å². The minimum atomic E-state index is -0.255. The molecule has 3 aliphatic rings. The summed E-state index contributed by atoms with van der Waals surface area (Å²) < 4.78 is 0. The van der Waals surface area contributed by atoms with Gasteiger partial charge in [-0.1, -0.05) is 12.1 Å². The van der Waals surface area contributed by atoms with Gasteiger partial charge < -0.3 is 10.2 Å². The number of hydrogen-bond donors (Lipinski definition) is 1. The van der Waals surface area contributed by atoms with Gasteiger partial charge in [-0.15, -0.1) is 11.8 Å². The summed E-state index contributed by atoms with van der Waals surface area (Å²) in [6, 6.07) is 8.36. The van der Waals surface area contributed by atoms with Gasteiger partial charge in [-0.3, -0.25) is 9.59 Å². The Balaban J connectivity index is 1.79. The molecule has 0 aromatic heterocycles. The summed E-state index contributed by atoms with van der Waals surface area (Å²) in [5.41, 5.74) is 4.54. The van der Waals surface area contributed by atoms with Gasteiger partial charge in [0.05, 0.1) is 0 Å². The minimum absolute atomic E-state index is 0.0913. The van der Waals surface area contributed by atoms with Gasteiger partial charge >= 0.3 is 0 Å². The molecule has 1 aliphatic carbocycles. The highest BCUT2D eigenvalue weighted by atomic mass is 32.2. The summed E-state index contributed by atoms with van der Waals surface area (Å²) in [6.45, 7) is 3.62. The number of hydrogen-bond acceptors (Lipinski definition) is 4. The second-order valence-electron chi connectivity index (χ2n) is 7.89. The van der Waals surface area contributed by atoms with Crippen molar-refractivity contribution < 1.29 is 9.59 Å². The van der Waals surface area contributed by atoms with Crippen molar-refractivity contribution >= 4 is 23.5 Å². The molecule has 0 bridgehead atoms. The molecule has 1 aromatic carbocycles. The molecule has 1 saturated heterocycles. The summed E-state index contributed by atoms with van der Waals surface area (Å²) >= 11 is 1.70. The monoisotopic (exact) mass is 396 g/mol. The molecule has 1 fully saturated rings. The lowest BCUT2D eigenvalue weighted by Gasteiger charge is -2.37. The summed E-state index contributed by atoms with van der Waals surface area (Å²) in [5.74, 6) is 0.0205. The maximum atomic E-state index is 13.5. The van der Waals surface area contributed by atoms with Crippen LogP contribution in [0.4, 0.5) is 0 Å². The second-order valence-corrected chi connectivity index (χ2v) is 8.77. The van der Waals surface area contributed by atoms with Gasteiger partial charge in [-0.25, -0.2) is 0 Å². The molecule has 148 valence electrons. The summed E-state index contributed by atoms with van der Waals surface area (Å²) in [6.07, 6.45) is 7.70. The van der Waals surface area contributed by atoms with Gasteiger partial charge in [0.2, 0.25) is 0 Å². The SMILES string of the molecule is CSc1ccc(C2C(C(=O)N3CCCCC3)=C(C)NC3=C2C(=O)CCC3)cc1. The molecule has 1 amide bonds. The van der Waals surface area contributed by atoms with E-state index < -0.39 is 0 Å². The smallest absolute Gasteiger partial charge is 0.252 e. The second kappa shape index (κ2) is 8.16. The van der Waals surface area contributed by atoms with Crippen LogP contribution >= 0.6 is 11.8 Å². The predicted molar refractivity (Wildman–Crippen MR) is 113 cm³/mol. The highest BCUT2D eigenvalue weighted by Gasteiger charge is 2.39. The zero-order chi connectivity index (χ0) is 19.7. The lowest BCUT2D eigenvalue weighted by atomic mass is 9.75. The number of amides is 1. The number of likely N-dealkylation sites (tertiary alicyclic amines) is 1. The van der Waals surface area contributed by atoms with E-state index in [9.17, 15) is 9.59 Å². The van der Waals surface area contributed by atoms with Crippen LogP contribution in [0.25, 0.3) is 0 Å². The number of nitrogens with one attached hydrogen (secondary N) is 1. The third kappa shape index (κ3) is 3.52. The van der Waals surface area contributed by atoms with Crippen LogP contribution in [-0.2, 0) is 9.59 Å². The molecule has 4 nitrogen and oxygen atoms in total. The zero-order valence-electron chi connectivity index (χ0n) is 16.7. The van der Waals surface area contributed by atoms with Crippen molar-refractivity contribution in [2.45, 2.75) is 56.3 Å².